The van der Waals surface area contributed by atoms with Gasteiger partial charge in [0.15, 0.2) is 5.11 Å². The third kappa shape index (κ3) is 3.36. The Hall–Kier alpha value is -2.14. The van der Waals surface area contributed by atoms with Crippen LogP contribution in [0.2, 0.25) is 10.0 Å². The fraction of sp³-hybridized carbons (Fsp3) is 0. The lowest BCUT2D eigenvalue weighted by Crippen LogP contribution is -2.31. The molecule has 0 aliphatic carbocycles. The zero-order valence-electron chi connectivity index (χ0n) is 12.5. The van der Waals surface area contributed by atoms with Gasteiger partial charge < -0.3 is 5.73 Å². The van der Waals surface area contributed by atoms with Crippen molar-refractivity contribution in [2.24, 2.45) is 10.8 Å². The second-order valence-corrected chi connectivity index (χ2v) is 6.24. The molecule has 24 heavy (non-hydrogen) atoms. The van der Waals surface area contributed by atoms with Crippen LogP contribution in [0.1, 0.15) is 5.56 Å². The highest BCUT2D eigenvalue weighted by molar-refractivity contribution is 7.80. The lowest BCUT2D eigenvalue weighted by molar-refractivity contribution is 1.14. The molecule has 0 amide bonds. The first-order valence-corrected chi connectivity index (χ1v) is 8.29. The van der Waals surface area contributed by atoms with Gasteiger partial charge in [-0.25, -0.2) is 5.01 Å². The summed E-state index contributed by atoms with van der Waals surface area (Å²) in [6.45, 7) is 0. The number of anilines is 1. The van der Waals surface area contributed by atoms with Crippen molar-refractivity contribution in [2.45, 2.75) is 0 Å². The summed E-state index contributed by atoms with van der Waals surface area (Å²) in [7, 11) is 0. The number of nitrogens with zero attached hydrogens (tertiary/aromatic N) is 2. The van der Waals surface area contributed by atoms with Crippen LogP contribution in [0.5, 0.6) is 0 Å². The van der Waals surface area contributed by atoms with Gasteiger partial charge in [0.05, 0.1) is 21.9 Å². The van der Waals surface area contributed by atoms with Crippen LogP contribution in [0.25, 0.3) is 10.8 Å². The van der Waals surface area contributed by atoms with Gasteiger partial charge in [-0.1, -0.05) is 71.7 Å². The van der Waals surface area contributed by atoms with E-state index in [0.29, 0.717) is 15.7 Å². The summed E-state index contributed by atoms with van der Waals surface area (Å²) < 4.78 is 0. The Balaban J connectivity index is 2.03. The predicted octanol–water partition coefficient (Wildman–Crippen LogP) is 5.23. The molecule has 6 heteroatoms. The number of halogens is 2. The van der Waals surface area contributed by atoms with Gasteiger partial charge in [0, 0.05) is 5.56 Å². The molecule has 2 N–H and O–H groups in total. The van der Waals surface area contributed by atoms with Crippen LogP contribution in [0.15, 0.2) is 65.8 Å². The van der Waals surface area contributed by atoms with E-state index < -0.39 is 0 Å². The Morgan fingerprint density at radius 3 is 2.50 bits per heavy atom. The lowest BCUT2D eigenvalue weighted by Gasteiger charge is -2.18. The molecule has 0 spiro atoms. The Morgan fingerprint density at radius 1 is 1.00 bits per heavy atom. The monoisotopic (exact) mass is 373 g/mol. The van der Waals surface area contributed by atoms with E-state index in [1.54, 1.807) is 24.4 Å². The minimum atomic E-state index is 0.0793. The topological polar surface area (TPSA) is 41.6 Å². The summed E-state index contributed by atoms with van der Waals surface area (Å²) in [4.78, 5) is 0. The van der Waals surface area contributed by atoms with Crippen LogP contribution in [-0.4, -0.2) is 11.3 Å². The molecule has 0 saturated carbocycles. The number of hydrogen-bond acceptors (Lipinski definition) is 2. The van der Waals surface area contributed by atoms with Crippen LogP contribution >= 0.6 is 35.4 Å². The van der Waals surface area contributed by atoms with Crippen LogP contribution in [0, 0.1) is 0 Å². The standard InChI is InChI=1S/C18H13Cl2N3S/c19-15-9-4-10-16(17(15)20)23(18(21)24)22-11-13-7-3-6-12-5-1-2-8-14(12)13/h1-11H,(H2,21,24)/b22-11-. The maximum Gasteiger partial charge on any atom is 0.191 e. The third-order valence-electron chi connectivity index (χ3n) is 3.50. The molecule has 0 aliphatic heterocycles. The molecule has 3 nitrogen and oxygen atoms in total. The summed E-state index contributed by atoms with van der Waals surface area (Å²) in [5.41, 5.74) is 7.29. The number of thiocarbonyl (C=S) groups is 1. The number of benzene rings is 3. The average molecular weight is 374 g/mol. The summed E-state index contributed by atoms with van der Waals surface area (Å²) in [5.74, 6) is 0. The quantitative estimate of drug-likeness (QED) is 0.388. The molecule has 3 aromatic rings. The fourth-order valence-electron chi connectivity index (χ4n) is 2.38. The second kappa shape index (κ2) is 7.18. The van der Waals surface area contributed by atoms with Gasteiger partial charge in [-0.2, -0.15) is 5.10 Å². The number of hydrogen-bond donors (Lipinski definition) is 1. The Labute approximate surface area is 155 Å². The normalized spacial score (nSPS) is 11.1. The van der Waals surface area contributed by atoms with Gasteiger partial charge >= 0.3 is 0 Å². The minimum absolute atomic E-state index is 0.0793. The molecule has 3 aromatic carbocycles. The molecule has 0 bridgehead atoms. The second-order valence-electron chi connectivity index (χ2n) is 5.04. The van der Waals surface area contributed by atoms with E-state index in [0.717, 1.165) is 16.3 Å². The van der Waals surface area contributed by atoms with E-state index in [-0.39, 0.29) is 5.11 Å². The van der Waals surface area contributed by atoms with E-state index in [9.17, 15) is 0 Å². The molecule has 0 saturated heterocycles. The number of nitrogens with two attached hydrogens (primary N) is 1. The first-order valence-electron chi connectivity index (χ1n) is 7.13. The van der Waals surface area contributed by atoms with Crippen molar-refractivity contribution in [3.8, 4) is 0 Å². The van der Waals surface area contributed by atoms with Crippen LogP contribution in [0.4, 0.5) is 5.69 Å². The Morgan fingerprint density at radius 2 is 1.71 bits per heavy atom. The highest BCUT2D eigenvalue weighted by Gasteiger charge is 2.14. The summed E-state index contributed by atoms with van der Waals surface area (Å²) in [6, 6.07) is 19.3. The minimum Gasteiger partial charge on any atom is -0.374 e. The molecule has 3 rings (SSSR count). The average Bonchev–Trinajstić information content (AvgIpc) is 2.58. The van der Waals surface area contributed by atoms with Crippen molar-refractivity contribution in [1.29, 1.82) is 0 Å². The third-order valence-corrected chi connectivity index (χ3v) is 4.49. The first kappa shape index (κ1) is 16.7. The Bertz CT molecular complexity index is 935. The van der Waals surface area contributed by atoms with Crippen LogP contribution in [-0.2, 0) is 0 Å². The van der Waals surface area contributed by atoms with Crippen molar-refractivity contribution >= 4 is 63.2 Å². The maximum absolute atomic E-state index is 6.25. The van der Waals surface area contributed by atoms with Gasteiger partial charge in [-0.15, -0.1) is 0 Å². The molecule has 0 heterocycles. The smallest absolute Gasteiger partial charge is 0.191 e. The first-order chi connectivity index (χ1) is 11.6. The molecule has 0 aliphatic rings. The number of hydrazone groups is 1. The van der Waals surface area contributed by atoms with Gasteiger partial charge in [-0.05, 0) is 35.1 Å². The van der Waals surface area contributed by atoms with Crippen molar-refractivity contribution in [3.05, 3.63) is 76.3 Å². The number of fused-ring (bicyclic) bond motifs is 1. The summed E-state index contributed by atoms with van der Waals surface area (Å²) in [6.07, 6.45) is 1.71. The lowest BCUT2D eigenvalue weighted by atomic mass is 10.1. The van der Waals surface area contributed by atoms with Crippen LogP contribution < -0.4 is 10.7 Å². The van der Waals surface area contributed by atoms with E-state index >= 15 is 0 Å². The van der Waals surface area contributed by atoms with Crippen molar-refractivity contribution < 1.29 is 0 Å². The molecule has 0 atom stereocenters. The van der Waals surface area contributed by atoms with E-state index in [2.05, 4.69) is 5.10 Å². The number of rotatable bonds is 3. The SMILES string of the molecule is NC(=S)N(/N=C\c1cccc2ccccc12)c1cccc(Cl)c1Cl. The summed E-state index contributed by atoms with van der Waals surface area (Å²) >= 11 is 17.4. The molecular weight excluding hydrogens is 361 g/mol. The largest absolute Gasteiger partial charge is 0.374 e. The molecule has 120 valence electrons. The fourth-order valence-corrected chi connectivity index (χ4v) is 2.90. The van der Waals surface area contributed by atoms with Crippen molar-refractivity contribution in [2.75, 3.05) is 5.01 Å². The maximum atomic E-state index is 6.25. The Kier molecular flexibility index (Phi) is 5.00. The van der Waals surface area contributed by atoms with Gasteiger partial charge in [0.2, 0.25) is 0 Å². The predicted molar refractivity (Wildman–Crippen MR) is 107 cm³/mol. The summed E-state index contributed by atoms with van der Waals surface area (Å²) in [5, 5.41) is 8.87. The van der Waals surface area contributed by atoms with E-state index in [4.69, 9.17) is 41.2 Å². The molecule has 0 aromatic heterocycles. The zero-order valence-corrected chi connectivity index (χ0v) is 14.8. The molecule has 0 unspecified atom stereocenters. The molecule has 0 radical (unpaired) electrons. The van der Waals surface area contributed by atoms with Crippen molar-refractivity contribution in [1.82, 2.24) is 0 Å². The van der Waals surface area contributed by atoms with Gasteiger partial charge in [0.1, 0.15) is 0 Å². The van der Waals surface area contributed by atoms with Gasteiger partial charge in [-0.3, -0.25) is 0 Å². The highest BCUT2D eigenvalue weighted by Crippen LogP contribution is 2.32. The molecule has 0 fully saturated rings. The van der Waals surface area contributed by atoms with Gasteiger partial charge in [0.25, 0.3) is 0 Å². The van der Waals surface area contributed by atoms with E-state index in [1.165, 1.54) is 5.01 Å². The van der Waals surface area contributed by atoms with Crippen molar-refractivity contribution in [3.63, 3.8) is 0 Å². The van der Waals surface area contributed by atoms with Crippen LogP contribution in [0.3, 0.4) is 0 Å². The zero-order chi connectivity index (χ0) is 17.1. The highest BCUT2D eigenvalue weighted by atomic mass is 35.5. The van der Waals surface area contributed by atoms with E-state index in [1.807, 2.05) is 42.5 Å². The molecular formula is C18H13Cl2N3S.